The van der Waals surface area contributed by atoms with Gasteiger partial charge in [0.15, 0.2) is 0 Å². The second-order valence-electron chi connectivity index (χ2n) is 5.29. The number of aromatic nitrogens is 2. The summed E-state index contributed by atoms with van der Waals surface area (Å²) in [6, 6.07) is 15.6. The normalized spacial score (nSPS) is 10.5. The molecule has 1 amide bonds. The fraction of sp³-hybridized carbons (Fsp3) is 0.111. The van der Waals surface area contributed by atoms with Gasteiger partial charge in [-0.3, -0.25) is 9.89 Å². The van der Waals surface area contributed by atoms with Gasteiger partial charge in [-0.2, -0.15) is 5.10 Å². The molecular weight excluding hydrogens is 293 g/mol. The van der Waals surface area contributed by atoms with E-state index >= 15 is 0 Å². The number of H-pyrrole nitrogens is 1. The fourth-order valence-electron chi connectivity index (χ4n) is 2.39. The van der Waals surface area contributed by atoms with Gasteiger partial charge in [-0.25, -0.2) is 4.39 Å². The number of aryl methyl sites for hydroxylation is 1. The molecule has 1 aromatic heterocycles. The van der Waals surface area contributed by atoms with E-state index in [4.69, 9.17) is 0 Å². The highest BCUT2D eigenvalue weighted by Crippen LogP contribution is 2.28. The first-order chi connectivity index (χ1) is 11.1. The molecular formula is C18H16FN3O. The molecule has 2 aromatic carbocycles. The lowest BCUT2D eigenvalue weighted by molar-refractivity contribution is -0.115. The van der Waals surface area contributed by atoms with Gasteiger partial charge < -0.3 is 5.32 Å². The molecule has 0 saturated heterocycles. The quantitative estimate of drug-likeness (QED) is 0.772. The Bertz CT molecular complexity index is 827. The molecule has 1 heterocycles. The number of hydrogen-bond donors (Lipinski definition) is 2. The summed E-state index contributed by atoms with van der Waals surface area (Å²) >= 11 is 0. The number of halogens is 1. The van der Waals surface area contributed by atoms with Crippen molar-refractivity contribution in [3.8, 4) is 11.3 Å². The predicted molar refractivity (Wildman–Crippen MR) is 87.5 cm³/mol. The summed E-state index contributed by atoms with van der Waals surface area (Å²) in [7, 11) is 0. The van der Waals surface area contributed by atoms with Crippen molar-refractivity contribution in [3.63, 3.8) is 0 Å². The smallest absolute Gasteiger partial charge is 0.228 e. The summed E-state index contributed by atoms with van der Waals surface area (Å²) in [6.07, 6.45) is 0.272. The van der Waals surface area contributed by atoms with E-state index in [-0.39, 0.29) is 18.1 Å². The van der Waals surface area contributed by atoms with Crippen LogP contribution in [0.5, 0.6) is 0 Å². The summed E-state index contributed by atoms with van der Waals surface area (Å²) in [4.78, 5) is 12.3. The Morgan fingerprint density at radius 1 is 1.17 bits per heavy atom. The molecule has 0 bridgehead atoms. The van der Waals surface area contributed by atoms with E-state index in [0.29, 0.717) is 16.9 Å². The second kappa shape index (κ2) is 6.44. The number of aromatic amines is 1. The van der Waals surface area contributed by atoms with E-state index in [9.17, 15) is 9.18 Å². The van der Waals surface area contributed by atoms with Crippen LogP contribution in [-0.2, 0) is 11.2 Å². The first kappa shape index (κ1) is 15.0. The number of amides is 1. The molecule has 0 radical (unpaired) electrons. The van der Waals surface area contributed by atoms with Crippen LogP contribution in [0.3, 0.4) is 0 Å². The lowest BCUT2D eigenvalue weighted by Crippen LogP contribution is -2.15. The Morgan fingerprint density at radius 2 is 1.96 bits per heavy atom. The Labute approximate surface area is 133 Å². The Balaban J connectivity index is 1.83. The highest BCUT2D eigenvalue weighted by molar-refractivity contribution is 5.96. The Hall–Kier alpha value is -2.95. The topological polar surface area (TPSA) is 57.8 Å². The maximum atomic E-state index is 13.4. The number of nitrogens with zero attached hydrogens (tertiary/aromatic N) is 1. The van der Waals surface area contributed by atoms with E-state index in [1.807, 2.05) is 37.3 Å². The van der Waals surface area contributed by atoms with Gasteiger partial charge in [0, 0.05) is 5.56 Å². The number of carbonyl (C=O) groups excluding carboxylic acids is 1. The molecule has 0 aliphatic rings. The minimum Gasteiger partial charge on any atom is -0.322 e. The first-order valence-electron chi connectivity index (χ1n) is 7.28. The van der Waals surface area contributed by atoms with Crippen LogP contribution >= 0.6 is 0 Å². The molecule has 23 heavy (non-hydrogen) atoms. The SMILES string of the molecule is Cc1[nH]nc(-c2cccc(F)c2)c1NC(=O)Cc1ccccc1. The highest BCUT2D eigenvalue weighted by Gasteiger charge is 2.15. The molecule has 4 nitrogen and oxygen atoms in total. The van der Waals surface area contributed by atoms with Crippen LogP contribution in [0, 0.1) is 12.7 Å². The molecule has 0 aliphatic carbocycles. The monoisotopic (exact) mass is 309 g/mol. The van der Waals surface area contributed by atoms with Crippen molar-refractivity contribution in [1.82, 2.24) is 10.2 Å². The maximum absolute atomic E-state index is 13.4. The van der Waals surface area contributed by atoms with E-state index in [0.717, 1.165) is 11.3 Å². The van der Waals surface area contributed by atoms with Crippen molar-refractivity contribution in [3.05, 3.63) is 71.7 Å². The van der Waals surface area contributed by atoms with Gasteiger partial charge in [0.1, 0.15) is 11.5 Å². The Morgan fingerprint density at radius 3 is 2.70 bits per heavy atom. The van der Waals surface area contributed by atoms with Gasteiger partial charge in [0.2, 0.25) is 5.91 Å². The molecule has 5 heteroatoms. The van der Waals surface area contributed by atoms with E-state index in [2.05, 4.69) is 15.5 Å². The van der Waals surface area contributed by atoms with Crippen LogP contribution in [0.2, 0.25) is 0 Å². The van der Waals surface area contributed by atoms with Gasteiger partial charge in [0.05, 0.1) is 17.8 Å². The molecule has 0 fully saturated rings. The van der Waals surface area contributed by atoms with Crippen LogP contribution < -0.4 is 5.32 Å². The van der Waals surface area contributed by atoms with Crippen molar-refractivity contribution >= 4 is 11.6 Å². The minimum atomic E-state index is -0.343. The molecule has 116 valence electrons. The Kier molecular flexibility index (Phi) is 4.19. The molecule has 0 spiro atoms. The first-order valence-corrected chi connectivity index (χ1v) is 7.28. The third kappa shape index (κ3) is 3.45. The number of nitrogens with one attached hydrogen (secondary N) is 2. The molecule has 3 rings (SSSR count). The second-order valence-corrected chi connectivity index (χ2v) is 5.29. The van der Waals surface area contributed by atoms with E-state index in [1.165, 1.54) is 12.1 Å². The van der Waals surface area contributed by atoms with Gasteiger partial charge in [0.25, 0.3) is 0 Å². The number of hydrogen-bond acceptors (Lipinski definition) is 2. The zero-order chi connectivity index (χ0) is 16.2. The summed E-state index contributed by atoms with van der Waals surface area (Å²) in [5, 5.41) is 9.89. The zero-order valence-electron chi connectivity index (χ0n) is 12.6. The van der Waals surface area contributed by atoms with Gasteiger partial charge in [-0.15, -0.1) is 0 Å². The summed E-state index contributed by atoms with van der Waals surface area (Å²) < 4.78 is 13.4. The van der Waals surface area contributed by atoms with Crippen molar-refractivity contribution in [2.45, 2.75) is 13.3 Å². The van der Waals surface area contributed by atoms with Crippen LogP contribution in [-0.4, -0.2) is 16.1 Å². The maximum Gasteiger partial charge on any atom is 0.228 e. The predicted octanol–water partition coefficient (Wildman–Crippen LogP) is 3.71. The minimum absolute atomic E-state index is 0.140. The largest absolute Gasteiger partial charge is 0.322 e. The number of benzene rings is 2. The van der Waals surface area contributed by atoms with Gasteiger partial charge in [-0.05, 0) is 24.6 Å². The average Bonchev–Trinajstić information content (AvgIpc) is 2.89. The zero-order valence-corrected chi connectivity index (χ0v) is 12.6. The lowest BCUT2D eigenvalue weighted by Gasteiger charge is -2.07. The molecule has 0 aliphatic heterocycles. The van der Waals surface area contributed by atoms with Crippen molar-refractivity contribution in [2.24, 2.45) is 0 Å². The number of rotatable bonds is 4. The molecule has 0 atom stereocenters. The number of carbonyl (C=O) groups is 1. The number of anilines is 1. The van der Waals surface area contributed by atoms with Gasteiger partial charge in [-0.1, -0.05) is 42.5 Å². The van der Waals surface area contributed by atoms with Crippen molar-refractivity contribution in [2.75, 3.05) is 5.32 Å². The molecule has 2 N–H and O–H groups in total. The summed E-state index contributed by atoms with van der Waals surface area (Å²) in [6.45, 7) is 1.81. The third-order valence-electron chi connectivity index (χ3n) is 3.52. The fourth-order valence-corrected chi connectivity index (χ4v) is 2.39. The van der Waals surface area contributed by atoms with E-state index in [1.54, 1.807) is 12.1 Å². The van der Waals surface area contributed by atoms with Gasteiger partial charge >= 0.3 is 0 Å². The molecule has 3 aromatic rings. The van der Waals surface area contributed by atoms with E-state index < -0.39 is 0 Å². The summed E-state index contributed by atoms with van der Waals surface area (Å²) in [5.41, 5.74) is 3.38. The average molecular weight is 309 g/mol. The molecule has 0 unspecified atom stereocenters. The van der Waals surface area contributed by atoms with Crippen LogP contribution in [0.4, 0.5) is 10.1 Å². The third-order valence-corrected chi connectivity index (χ3v) is 3.52. The van der Waals surface area contributed by atoms with Crippen molar-refractivity contribution < 1.29 is 9.18 Å². The van der Waals surface area contributed by atoms with Crippen molar-refractivity contribution in [1.29, 1.82) is 0 Å². The van der Waals surface area contributed by atoms with Crippen LogP contribution in [0.15, 0.2) is 54.6 Å². The molecule has 0 saturated carbocycles. The van der Waals surface area contributed by atoms with Crippen LogP contribution in [0.25, 0.3) is 11.3 Å². The lowest BCUT2D eigenvalue weighted by atomic mass is 10.1. The highest BCUT2D eigenvalue weighted by atomic mass is 19.1. The standard InChI is InChI=1S/C18H16FN3O/c1-12-17(20-16(23)10-13-6-3-2-4-7-13)18(22-21-12)14-8-5-9-15(19)11-14/h2-9,11H,10H2,1H3,(H,20,23)(H,21,22). The van der Waals surface area contributed by atoms with Crippen LogP contribution in [0.1, 0.15) is 11.3 Å². The summed E-state index contributed by atoms with van der Waals surface area (Å²) in [5.74, 6) is -0.483.